The highest BCUT2D eigenvalue weighted by Gasteiger charge is 2.23. The van der Waals surface area contributed by atoms with Crippen LogP contribution in [0.4, 0.5) is 5.69 Å². The Morgan fingerprint density at radius 1 is 1.28 bits per heavy atom. The summed E-state index contributed by atoms with van der Waals surface area (Å²) >= 11 is 5.01. The van der Waals surface area contributed by atoms with Crippen molar-refractivity contribution in [2.24, 2.45) is 0 Å². The van der Waals surface area contributed by atoms with Crippen LogP contribution in [0.15, 0.2) is 40.5 Å². The zero-order valence-electron chi connectivity index (χ0n) is 14.0. The minimum Gasteiger partial charge on any atom is -0.310 e. The molecule has 4 nitrogen and oxygen atoms in total. The first-order valence-corrected chi connectivity index (χ1v) is 10.8. The van der Waals surface area contributed by atoms with E-state index in [4.69, 9.17) is 0 Å². The van der Waals surface area contributed by atoms with Gasteiger partial charge in [-0.15, -0.1) is 23.1 Å². The third-order valence-electron chi connectivity index (χ3n) is 4.29. The summed E-state index contributed by atoms with van der Waals surface area (Å²) in [6, 6.07) is 8.12. The van der Waals surface area contributed by atoms with Gasteiger partial charge in [-0.3, -0.25) is 4.79 Å². The lowest BCUT2D eigenvalue weighted by molar-refractivity contribution is -0.116. The number of carbonyl (C=O) groups is 1. The molecule has 0 saturated carbocycles. The third-order valence-corrected chi connectivity index (χ3v) is 7.42. The summed E-state index contributed by atoms with van der Waals surface area (Å²) in [5, 5.41) is 2.00. The first-order chi connectivity index (χ1) is 12.1. The highest BCUT2D eigenvalue weighted by atomic mass is 32.2. The summed E-state index contributed by atoms with van der Waals surface area (Å²) in [5.74, 6) is 1.46. The number of benzene rings is 1. The molecule has 2 aromatic heterocycles. The van der Waals surface area contributed by atoms with Gasteiger partial charge in [0.05, 0.1) is 11.4 Å². The average Bonchev–Trinajstić information content (AvgIpc) is 2.94. The summed E-state index contributed by atoms with van der Waals surface area (Å²) in [6.45, 7) is 4.96. The van der Waals surface area contributed by atoms with Crippen LogP contribution < -0.4 is 4.90 Å². The third kappa shape index (κ3) is 3.16. The van der Waals surface area contributed by atoms with Crippen molar-refractivity contribution in [2.75, 3.05) is 23.0 Å². The van der Waals surface area contributed by atoms with Crippen LogP contribution in [0, 0.1) is 13.8 Å². The molecule has 128 valence electrons. The fraction of sp³-hybridized carbons (Fsp3) is 0.278. The number of anilines is 1. The minimum absolute atomic E-state index is 0.133. The predicted molar refractivity (Wildman–Crippen MR) is 107 cm³/mol. The van der Waals surface area contributed by atoms with Gasteiger partial charge in [-0.2, -0.15) is 0 Å². The Labute approximate surface area is 159 Å². The van der Waals surface area contributed by atoms with Gasteiger partial charge in [-0.05, 0) is 31.5 Å². The molecule has 1 amide bonds. The fourth-order valence-corrected chi connectivity index (χ4v) is 5.88. The number of aryl methyl sites for hydroxylation is 2. The van der Waals surface area contributed by atoms with Crippen LogP contribution >= 0.6 is 34.9 Å². The van der Waals surface area contributed by atoms with Crippen LogP contribution in [0.2, 0.25) is 0 Å². The Bertz CT molecular complexity index is 954. The van der Waals surface area contributed by atoms with Crippen molar-refractivity contribution in [3.8, 4) is 0 Å². The molecule has 0 bridgehead atoms. The van der Waals surface area contributed by atoms with Gasteiger partial charge >= 0.3 is 0 Å². The van der Waals surface area contributed by atoms with Crippen LogP contribution in [0.5, 0.6) is 0 Å². The normalized spacial score (nSPS) is 13.9. The van der Waals surface area contributed by atoms with Crippen LogP contribution in [-0.4, -0.2) is 33.9 Å². The second-order valence-corrected chi connectivity index (χ2v) is 9.10. The summed E-state index contributed by atoms with van der Waals surface area (Å²) in [6.07, 6.45) is 1.59. The molecule has 3 aromatic rings. The fourth-order valence-electron chi connectivity index (χ4n) is 2.90. The van der Waals surface area contributed by atoms with Crippen molar-refractivity contribution in [3.63, 3.8) is 0 Å². The molecule has 0 atom stereocenters. The number of para-hydroxylation sites is 1. The summed E-state index contributed by atoms with van der Waals surface area (Å²) in [7, 11) is 0. The molecule has 25 heavy (non-hydrogen) atoms. The molecule has 0 spiro atoms. The molecule has 0 unspecified atom stereocenters. The molecule has 0 aliphatic carbocycles. The Kier molecular flexibility index (Phi) is 4.71. The number of fused-ring (bicyclic) bond motifs is 2. The number of thioether (sulfide) groups is 2. The van der Waals surface area contributed by atoms with Crippen LogP contribution in [0.25, 0.3) is 10.2 Å². The van der Waals surface area contributed by atoms with E-state index in [0.29, 0.717) is 5.75 Å². The van der Waals surface area contributed by atoms with Crippen molar-refractivity contribution in [1.29, 1.82) is 0 Å². The molecule has 0 saturated heterocycles. The average molecular weight is 388 g/mol. The summed E-state index contributed by atoms with van der Waals surface area (Å²) < 4.78 is 0. The van der Waals surface area contributed by atoms with E-state index in [1.165, 1.54) is 27.1 Å². The van der Waals surface area contributed by atoms with Crippen molar-refractivity contribution >= 4 is 56.7 Å². The molecule has 0 fully saturated rings. The predicted octanol–water partition coefficient (Wildman–Crippen LogP) is 4.54. The molecule has 0 N–H and O–H groups in total. The Morgan fingerprint density at radius 3 is 3.00 bits per heavy atom. The molecule has 7 heteroatoms. The SMILES string of the molecule is Cc1sc2ncnc(SCC(=O)N3CCSc4ccccc43)c2c1C. The first kappa shape index (κ1) is 16.9. The van der Waals surface area contributed by atoms with E-state index in [9.17, 15) is 4.79 Å². The van der Waals surface area contributed by atoms with Crippen molar-refractivity contribution in [3.05, 3.63) is 41.0 Å². The maximum atomic E-state index is 12.8. The van der Waals surface area contributed by atoms with Gasteiger partial charge in [0, 0.05) is 27.5 Å². The van der Waals surface area contributed by atoms with Crippen molar-refractivity contribution in [1.82, 2.24) is 9.97 Å². The summed E-state index contributed by atoms with van der Waals surface area (Å²) in [5.41, 5.74) is 2.25. The number of nitrogens with zero attached hydrogens (tertiary/aromatic N) is 3. The summed E-state index contributed by atoms with van der Waals surface area (Å²) in [4.78, 5) is 26.9. The largest absolute Gasteiger partial charge is 0.310 e. The Hall–Kier alpha value is -1.57. The molecular weight excluding hydrogens is 370 g/mol. The van der Waals surface area contributed by atoms with E-state index in [-0.39, 0.29) is 5.91 Å². The van der Waals surface area contributed by atoms with Gasteiger partial charge in [0.1, 0.15) is 16.2 Å². The maximum Gasteiger partial charge on any atom is 0.237 e. The van der Waals surface area contributed by atoms with E-state index in [2.05, 4.69) is 29.9 Å². The number of hydrogen-bond acceptors (Lipinski definition) is 6. The zero-order chi connectivity index (χ0) is 17.4. The van der Waals surface area contributed by atoms with Gasteiger partial charge in [0.25, 0.3) is 0 Å². The second-order valence-electron chi connectivity index (χ2n) is 5.79. The minimum atomic E-state index is 0.133. The Balaban J connectivity index is 1.56. The molecule has 3 heterocycles. The van der Waals surface area contributed by atoms with E-state index in [0.717, 1.165) is 33.2 Å². The van der Waals surface area contributed by atoms with Gasteiger partial charge in [0.2, 0.25) is 5.91 Å². The van der Waals surface area contributed by atoms with E-state index < -0.39 is 0 Å². The molecule has 0 radical (unpaired) electrons. The lowest BCUT2D eigenvalue weighted by Gasteiger charge is -2.28. The molecule has 1 aliphatic rings. The van der Waals surface area contributed by atoms with Crippen LogP contribution in [-0.2, 0) is 4.79 Å². The van der Waals surface area contributed by atoms with E-state index >= 15 is 0 Å². The zero-order valence-corrected chi connectivity index (χ0v) is 16.4. The van der Waals surface area contributed by atoms with Gasteiger partial charge in [0.15, 0.2) is 0 Å². The standard InChI is InChI=1S/C18H17N3OS3/c1-11-12(2)25-18-16(11)17(19-10-20-18)24-9-15(22)21-7-8-23-14-6-4-3-5-13(14)21/h3-6,10H,7-9H2,1-2H3. The van der Waals surface area contributed by atoms with Crippen LogP contribution in [0.3, 0.4) is 0 Å². The molecule has 1 aliphatic heterocycles. The van der Waals surface area contributed by atoms with E-state index in [1.807, 2.05) is 34.9 Å². The van der Waals surface area contributed by atoms with Gasteiger partial charge in [-0.25, -0.2) is 9.97 Å². The molecule has 1 aromatic carbocycles. The van der Waals surface area contributed by atoms with Crippen molar-refractivity contribution in [2.45, 2.75) is 23.8 Å². The monoisotopic (exact) mass is 387 g/mol. The van der Waals surface area contributed by atoms with Crippen molar-refractivity contribution < 1.29 is 4.79 Å². The lowest BCUT2D eigenvalue weighted by Crippen LogP contribution is -2.36. The molecular formula is C18H17N3OS3. The lowest BCUT2D eigenvalue weighted by atomic mass is 10.2. The topological polar surface area (TPSA) is 46.1 Å². The van der Waals surface area contributed by atoms with Gasteiger partial charge in [-0.1, -0.05) is 23.9 Å². The Morgan fingerprint density at radius 2 is 2.12 bits per heavy atom. The van der Waals surface area contributed by atoms with E-state index in [1.54, 1.807) is 17.7 Å². The maximum absolute atomic E-state index is 12.8. The number of rotatable bonds is 3. The second kappa shape index (κ2) is 6.97. The van der Waals surface area contributed by atoms with Gasteiger partial charge < -0.3 is 4.90 Å². The highest BCUT2D eigenvalue weighted by molar-refractivity contribution is 8.00. The first-order valence-electron chi connectivity index (χ1n) is 8.01. The number of amides is 1. The quantitative estimate of drug-likeness (QED) is 0.488. The van der Waals surface area contributed by atoms with Crippen LogP contribution in [0.1, 0.15) is 10.4 Å². The highest BCUT2D eigenvalue weighted by Crippen LogP contribution is 2.36. The number of thiophene rings is 1. The number of aromatic nitrogens is 2. The smallest absolute Gasteiger partial charge is 0.237 e. The number of carbonyl (C=O) groups excluding carboxylic acids is 1. The molecule has 4 rings (SSSR count). The number of hydrogen-bond donors (Lipinski definition) is 0.